The molecule has 0 aliphatic heterocycles. The summed E-state index contributed by atoms with van der Waals surface area (Å²) in [5, 5.41) is 2.54. The number of hydrogen-bond acceptors (Lipinski definition) is 4. The number of anilines is 1. The summed E-state index contributed by atoms with van der Waals surface area (Å²) >= 11 is 3.86. The topological polar surface area (TPSA) is 29.0 Å². The molecule has 0 bridgehead atoms. The maximum atomic E-state index is 4.45. The zero-order valence-electron chi connectivity index (χ0n) is 11.6. The fraction of sp³-hybridized carbons (Fsp3) is 0.538. The normalized spacial score (nSPS) is 9.39. The molecule has 0 saturated heterocycles. The lowest BCUT2D eigenvalue weighted by Gasteiger charge is -2.21. The first-order valence-corrected chi connectivity index (χ1v) is 7.90. The lowest BCUT2D eigenvalue weighted by atomic mass is 10.4. The first-order valence-electron chi connectivity index (χ1n) is 6.30. The van der Waals surface area contributed by atoms with Crippen molar-refractivity contribution in [3.63, 3.8) is 0 Å². The van der Waals surface area contributed by atoms with E-state index in [1.165, 1.54) is 0 Å². The van der Waals surface area contributed by atoms with Crippen molar-refractivity contribution in [2.45, 2.75) is 34.1 Å². The van der Waals surface area contributed by atoms with Crippen molar-refractivity contribution in [2.75, 3.05) is 17.4 Å². The van der Waals surface area contributed by atoms with E-state index in [-0.39, 0.29) is 0 Å². The molecular weight excluding hydrogens is 261 g/mol. The highest BCUT2D eigenvalue weighted by Gasteiger charge is 2.06. The fourth-order valence-electron chi connectivity index (χ4n) is 1.29. The Morgan fingerprint density at radius 1 is 1.33 bits per heavy atom. The highest BCUT2D eigenvalue weighted by molar-refractivity contribution is 7.85. The van der Waals surface area contributed by atoms with Gasteiger partial charge in [-0.05, 0) is 32.5 Å². The van der Waals surface area contributed by atoms with Crippen LogP contribution in [0.2, 0.25) is 0 Å². The Bertz CT molecular complexity index is 381. The molecule has 0 aliphatic rings. The third-order valence-corrected chi connectivity index (χ3v) is 3.14. The van der Waals surface area contributed by atoms with Gasteiger partial charge in [-0.2, -0.15) is 0 Å². The number of nitrogens with zero attached hydrogens (tertiary/aromatic N) is 3. The van der Waals surface area contributed by atoms with Crippen molar-refractivity contribution >= 4 is 27.2 Å². The standard InChI is InChI=1S/C11H16N3PS.C2H6/c1-3-6-14(15-4-2)11-9-12-8-10(13-11)5-7-16;1-2/h8-9,15-16H,3-4,6H2,1-2H3;1-2H3. The van der Waals surface area contributed by atoms with E-state index in [9.17, 15) is 0 Å². The minimum atomic E-state index is 0.675. The van der Waals surface area contributed by atoms with Gasteiger partial charge < -0.3 is 4.67 Å². The molecule has 0 spiro atoms. The summed E-state index contributed by atoms with van der Waals surface area (Å²) in [4.78, 5) is 8.60. The second-order valence-electron chi connectivity index (χ2n) is 3.16. The molecule has 0 aromatic carbocycles. The summed E-state index contributed by atoms with van der Waals surface area (Å²) in [5.41, 5.74) is 0.675. The van der Waals surface area contributed by atoms with Gasteiger partial charge in [-0.3, -0.25) is 4.98 Å². The van der Waals surface area contributed by atoms with Gasteiger partial charge in [0.2, 0.25) is 0 Å². The SMILES string of the molecule is CC.CCCN(PCC)c1cncc(C#CS)n1. The van der Waals surface area contributed by atoms with Crippen LogP contribution in [0.25, 0.3) is 0 Å². The van der Waals surface area contributed by atoms with Crippen LogP contribution >= 0.6 is 21.4 Å². The quantitative estimate of drug-likeness (QED) is 0.509. The minimum absolute atomic E-state index is 0.675. The fourth-order valence-corrected chi connectivity index (χ4v) is 2.44. The van der Waals surface area contributed by atoms with E-state index in [4.69, 9.17) is 0 Å². The molecule has 18 heavy (non-hydrogen) atoms. The summed E-state index contributed by atoms with van der Waals surface area (Å²) in [6.07, 6.45) is 5.69. The smallest absolute Gasteiger partial charge is 0.151 e. The Kier molecular flexibility index (Phi) is 10.8. The Morgan fingerprint density at radius 2 is 2.06 bits per heavy atom. The largest absolute Gasteiger partial charge is 0.337 e. The van der Waals surface area contributed by atoms with Crippen LogP contribution in [0.1, 0.15) is 39.8 Å². The Labute approximate surface area is 118 Å². The van der Waals surface area contributed by atoms with E-state index < -0.39 is 0 Å². The van der Waals surface area contributed by atoms with Crippen LogP contribution in [-0.2, 0) is 0 Å². The predicted octanol–water partition coefficient (Wildman–Crippen LogP) is 3.57. The lowest BCUT2D eigenvalue weighted by Crippen LogP contribution is -2.15. The molecular formula is C13H22N3PS. The molecule has 0 fully saturated rings. The summed E-state index contributed by atoms with van der Waals surface area (Å²) in [6, 6.07) is 0. The van der Waals surface area contributed by atoms with Gasteiger partial charge >= 0.3 is 0 Å². The number of aromatic nitrogens is 2. The van der Waals surface area contributed by atoms with E-state index in [1.807, 2.05) is 13.8 Å². The molecule has 0 radical (unpaired) electrons. The van der Waals surface area contributed by atoms with E-state index in [0.717, 1.165) is 33.7 Å². The van der Waals surface area contributed by atoms with Gasteiger partial charge in [0.1, 0.15) is 5.69 Å². The van der Waals surface area contributed by atoms with Crippen LogP contribution in [0.15, 0.2) is 12.4 Å². The highest BCUT2D eigenvalue weighted by Crippen LogP contribution is 2.24. The summed E-state index contributed by atoms with van der Waals surface area (Å²) in [7, 11) is 0.752. The van der Waals surface area contributed by atoms with Crippen LogP contribution in [0.5, 0.6) is 0 Å². The second-order valence-corrected chi connectivity index (χ2v) is 4.95. The molecule has 1 aromatic heterocycles. The van der Waals surface area contributed by atoms with Crippen LogP contribution in [0.3, 0.4) is 0 Å². The molecule has 1 atom stereocenters. The summed E-state index contributed by atoms with van der Waals surface area (Å²) in [5.74, 6) is 3.72. The van der Waals surface area contributed by atoms with E-state index in [0.29, 0.717) is 5.69 Å². The van der Waals surface area contributed by atoms with E-state index in [1.54, 1.807) is 12.4 Å². The minimum Gasteiger partial charge on any atom is -0.337 e. The van der Waals surface area contributed by atoms with Crippen molar-refractivity contribution in [3.05, 3.63) is 18.1 Å². The van der Waals surface area contributed by atoms with Crippen molar-refractivity contribution in [3.8, 4) is 11.2 Å². The van der Waals surface area contributed by atoms with Crippen LogP contribution in [0.4, 0.5) is 5.82 Å². The van der Waals surface area contributed by atoms with Gasteiger partial charge in [0.15, 0.2) is 5.82 Å². The van der Waals surface area contributed by atoms with Gasteiger partial charge in [-0.15, -0.1) is 0 Å². The van der Waals surface area contributed by atoms with Crippen molar-refractivity contribution in [2.24, 2.45) is 0 Å². The Morgan fingerprint density at radius 3 is 2.61 bits per heavy atom. The summed E-state index contributed by atoms with van der Waals surface area (Å²) in [6.45, 7) is 9.35. The second kappa shape index (κ2) is 11.3. The molecule has 0 aliphatic carbocycles. The van der Waals surface area contributed by atoms with Gasteiger partial charge in [0.05, 0.1) is 12.4 Å². The van der Waals surface area contributed by atoms with Gasteiger partial charge in [-0.1, -0.05) is 40.3 Å². The molecule has 1 unspecified atom stereocenters. The number of hydrogen-bond donors (Lipinski definition) is 1. The van der Waals surface area contributed by atoms with Gasteiger partial charge in [0.25, 0.3) is 0 Å². The molecule has 0 N–H and O–H groups in total. The summed E-state index contributed by atoms with van der Waals surface area (Å²) < 4.78 is 2.26. The maximum Gasteiger partial charge on any atom is 0.151 e. The predicted molar refractivity (Wildman–Crippen MR) is 85.7 cm³/mol. The van der Waals surface area contributed by atoms with Crippen molar-refractivity contribution in [1.82, 2.24) is 9.97 Å². The van der Waals surface area contributed by atoms with Crippen molar-refractivity contribution < 1.29 is 0 Å². The highest BCUT2D eigenvalue weighted by atomic mass is 32.1. The molecule has 1 rings (SSSR count). The Hall–Kier alpha value is -0.780. The molecule has 3 nitrogen and oxygen atoms in total. The van der Waals surface area contributed by atoms with Gasteiger partial charge in [-0.25, -0.2) is 4.98 Å². The van der Waals surface area contributed by atoms with E-state index >= 15 is 0 Å². The lowest BCUT2D eigenvalue weighted by molar-refractivity contribution is 0.906. The maximum absolute atomic E-state index is 4.45. The zero-order valence-corrected chi connectivity index (χ0v) is 13.5. The van der Waals surface area contributed by atoms with Crippen LogP contribution in [0, 0.1) is 11.2 Å². The van der Waals surface area contributed by atoms with Crippen LogP contribution < -0.4 is 4.67 Å². The molecule has 1 heterocycles. The Balaban J connectivity index is 0.00000137. The first-order chi connectivity index (χ1) is 8.81. The van der Waals surface area contributed by atoms with Crippen molar-refractivity contribution in [1.29, 1.82) is 0 Å². The molecule has 0 amide bonds. The molecule has 100 valence electrons. The molecule has 0 saturated carbocycles. The van der Waals surface area contributed by atoms with Gasteiger partial charge in [0, 0.05) is 6.54 Å². The third kappa shape index (κ3) is 6.23. The number of thiol groups is 1. The number of rotatable bonds is 5. The zero-order chi connectivity index (χ0) is 13.8. The molecule has 1 aromatic rings. The molecule has 5 heteroatoms. The van der Waals surface area contributed by atoms with Crippen LogP contribution in [-0.4, -0.2) is 22.7 Å². The first kappa shape index (κ1) is 17.2. The van der Waals surface area contributed by atoms with E-state index in [2.05, 4.69) is 52.3 Å². The average molecular weight is 283 g/mol. The average Bonchev–Trinajstić information content (AvgIpc) is 2.41. The third-order valence-electron chi connectivity index (χ3n) is 1.88. The monoisotopic (exact) mass is 283 g/mol.